The normalized spacial score (nSPS) is 10.9. The zero-order chi connectivity index (χ0) is 20.1. The van der Waals surface area contributed by atoms with Crippen LogP contribution in [0.5, 0.6) is 5.75 Å². The van der Waals surface area contributed by atoms with Gasteiger partial charge in [0.1, 0.15) is 17.2 Å². The molecule has 0 aliphatic heterocycles. The quantitative estimate of drug-likeness (QED) is 0.500. The van der Waals surface area contributed by atoms with Crippen molar-refractivity contribution >= 4 is 16.9 Å². The number of nitrogens with zero attached hydrogens (tertiary/aromatic N) is 2. The van der Waals surface area contributed by atoms with E-state index in [0.29, 0.717) is 13.0 Å². The molecule has 4 rings (SSSR count). The second kappa shape index (κ2) is 8.65. The molecule has 0 aliphatic rings. The molecule has 0 fully saturated rings. The third-order valence-corrected chi connectivity index (χ3v) is 4.88. The van der Waals surface area contributed by atoms with Crippen molar-refractivity contribution in [2.75, 3.05) is 13.7 Å². The molecule has 0 unspecified atom stereocenters. The summed E-state index contributed by atoms with van der Waals surface area (Å²) in [5, 5.41) is 3.91. The van der Waals surface area contributed by atoms with E-state index < -0.39 is 0 Å². The molecule has 0 spiro atoms. The van der Waals surface area contributed by atoms with Gasteiger partial charge < -0.3 is 19.0 Å². The molecule has 1 N–H and O–H groups in total. The van der Waals surface area contributed by atoms with Crippen molar-refractivity contribution in [2.24, 2.45) is 0 Å². The van der Waals surface area contributed by atoms with Gasteiger partial charge in [-0.25, -0.2) is 4.98 Å². The average molecular weight is 389 g/mol. The number of imidazole rings is 1. The van der Waals surface area contributed by atoms with E-state index in [1.807, 2.05) is 42.6 Å². The highest BCUT2D eigenvalue weighted by Crippen LogP contribution is 2.25. The summed E-state index contributed by atoms with van der Waals surface area (Å²) in [7, 11) is 1.61. The minimum atomic E-state index is -0.0373. The number of benzene rings is 2. The molecule has 148 valence electrons. The highest BCUT2D eigenvalue weighted by Gasteiger charge is 2.11. The van der Waals surface area contributed by atoms with Crippen molar-refractivity contribution in [3.8, 4) is 5.75 Å². The molecule has 2 aromatic heterocycles. The number of aromatic nitrogens is 2. The smallest absolute Gasteiger partial charge is 0.224 e. The summed E-state index contributed by atoms with van der Waals surface area (Å²) in [5.41, 5.74) is 2.81. The predicted molar refractivity (Wildman–Crippen MR) is 111 cm³/mol. The average Bonchev–Trinajstić information content (AvgIpc) is 3.35. The van der Waals surface area contributed by atoms with E-state index in [9.17, 15) is 4.79 Å². The zero-order valence-electron chi connectivity index (χ0n) is 16.3. The van der Waals surface area contributed by atoms with Crippen LogP contribution in [0.1, 0.15) is 17.0 Å². The lowest BCUT2D eigenvalue weighted by atomic mass is 10.1. The van der Waals surface area contributed by atoms with Gasteiger partial charge in [-0.1, -0.05) is 30.3 Å². The first-order valence-corrected chi connectivity index (χ1v) is 9.57. The summed E-state index contributed by atoms with van der Waals surface area (Å²) in [6, 6.07) is 15.9. The first-order chi connectivity index (χ1) is 14.2. The van der Waals surface area contributed by atoms with Crippen molar-refractivity contribution < 1.29 is 13.9 Å². The summed E-state index contributed by atoms with van der Waals surface area (Å²) in [5.74, 6) is 1.65. The number of furan rings is 1. The molecule has 6 nitrogen and oxygen atoms in total. The zero-order valence-corrected chi connectivity index (χ0v) is 16.3. The Bertz CT molecular complexity index is 1100. The molecule has 6 heteroatoms. The van der Waals surface area contributed by atoms with Crippen molar-refractivity contribution in [3.63, 3.8) is 0 Å². The number of hydrogen-bond donors (Lipinski definition) is 1. The van der Waals surface area contributed by atoms with Gasteiger partial charge in [0.15, 0.2) is 0 Å². The van der Waals surface area contributed by atoms with Gasteiger partial charge in [-0.15, -0.1) is 0 Å². The summed E-state index contributed by atoms with van der Waals surface area (Å²) in [6.07, 6.45) is 6.35. The highest BCUT2D eigenvalue weighted by molar-refractivity contribution is 5.88. The molecule has 0 bridgehead atoms. The van der Waals surface area contributed by atoms with E-state index in [1.54, 1.807) is 19.6 Å². The monoisotopic (exact) mass is 389 g/mol. The lowest BCUT2D eigenvalue weighted by molar-refractivity contribution is -0.120. The molecule has 0 atom stereocenters. The number of ether oxygens (including phenoxy) is 1. The van der Waals surface area contributed by atoms with Gasteiger partial charge in [0.2, 0.25) is 5.91 Å². The summed E-state index contributed by atoms with van der Waals surface area (Å²) in [6.45, 7) is 1.31. The number of hydrogen-bond acceptors (Lipinski definition) is 4. The van der Waals surface area contributed by atoms with Crippen LogP contribution in [0.2, 0.25) is 0 Å². The largest absolute Gasteiger partial charge is 0.497 e. The van der Waals surface area contributed by atoms with Gasteiger partial charge >= 0.3 is 0 Å². The van der Waals surface area contributed by atoms with Gasteiger partial charge in [0.25, 0.3) is 0 Å². The minimum absolute atomic E-state index is 0.0373. The number of carbonyl (C=O) groups excluding carboxylic acids is 1. The Morgan fingerprint density at radius 3 is 2.90 bits per heavy atom. The van der Waals surface area contributed by atoms with E-state index in [2.05, 4.69) is 27.0 Å². The van der Waals surface area contributed by atoms with Crippen LogP contribution in [0.15, 0.2) is 71.6 Å². The summed E-state index contributed by atoms with van der Waals surface area (Å²) in [4.78, 5) is 16.8. The van der Waals surface area contributed by atoms with Gasteiger partial charge in [-0.3, -0.25) is 4.79 Å². The third kappa shape index (κ3) is 4.48. The van der Waals surface area contributed by atoms with Gasteiger partial charge in [0, 0.05) is 48.9 Å². The Labute approximate surface area is 169 Å². The minimum Gasteiger partial charge on any atom is -0.497 e. The van der Waals surface area contributed by atoms with Crippen LogP contribution in [-0.2, 0) is 24.2 Å². The molecule has 2 heterocycles. The second-order valence-corrected chi connectivity index (χ2v) is 6.86. The number of amides is 1. The predicted octanol–water partition coefficient (Wildman–Crippen LogP) is 3.59. The Hall–Kier alpha value is -3.54. The Balaban J connectivity index is 1.31. The van der Waals surface area contributed by atoms with Crippen LogP contribution in [0.3, 0.4) is 0 Å². The van der Waals surface area contributed by atoms with E-state index >= 15 is 0 Å². The van der Waals surface area contributed by atoms with Crippen LogP contribution in [0, 0.1) is 0 Å². The standard InChI is InChI=1S/C23H23N3O3/c1-28-19-7-8-20-18(16-29-21(20)14-19)13-23(27)25-10-9-22-24-11-12-26(22)15-17-5-3-2-4-6-17/h2-8,11-12,14,16H,9-10,13,15H2,1H3,(H,25,27). The van der Waals surface area contributed by atoms with E-state index in [4.69, 9.17) is 9.15 Å². The van der Waals surface area contributed by atoms with Crippen molar-refractivity contribution in [1.82, 2.24) is 14.9 Å². The number of carbonyl (C=O) groups is 1. The Morgan fingerprint density at radius 1 is 1.21 bits per heavy atom. The first-order valence-electron chi connectivity index (χ1n) is 9.57. The number of rotatable bonds is 8. The summed E-state index contributed by atoms with van der Waals surface area (Å²) < 4.78 is 12.9. The molecular formula is C23H23N3O3. The van der Waals surface area contributed by atoms with E-state index in [0.717, 1.165) is 34.7 Å². The second-order valence-electron chi connectivity index (χ2n) is 6.86. The fourth-order valence-electron chi connectivity index (χ4n) is 3.37. The van der Waals surface area contributed by atoms with Crippen LogP contribution < -0.4 is 10.1 Å². The lowest BCUT2D eigenvalue weighted by Gasteiger charge is -2.09. The molecule has 2 aromatic carbocycles. The van der Waals surface area contributed by atoms with Gasteiger partial charge in [0.05, 0.1) is 19.8 Å². The third-order valence-electron chi connectivity index (χ3n) is 4.88. The van der Waals surface area contributed by atoms with Crippen molar-refractivity contribution in [3.05, 3.63) is 84.1 Å². The van der Waals surface area contributed by atoms with Crippen LogP contribution >= 0.6 is 0 Å². The fourth-order valence-corrected chi connectivity index (χ4v) is 3.37. The first kappa shape index (κ1) is 18.8. The summed E-state index contributed by atoms with van der Waals surface area (Å²) >= 11 is 0. The molecule has 0 saturated heterocycles. The number of fused-ring (bicyclic) bond motifs is 1. The molecule has 4 aromatic rings. The molecule has 0 saturated carbocycles. The number of nitrogens with one attached hydrogen (secondary N) is 1. The van der Waals surface area contributed by atoms with Gasteiger partial charge in [-0.05, 0) is 17.7 Å². The maximum Gasteiger partial charge on any atom is 0.224 e. The van der Waals surface area contributed by atoms with Crippen LogP contribution in [0.25, 0.3) is 11.0 Å². The van der Waals surface area contributed by atoms with Crippen molar-refractivity contribution in [2.45, 2.75) is 19.4 Å². The maximum absolute atomic E-state index is 12.4. The lowest BCUT2D eigenvalue weighted by Crippen LogP contribution is -2.27. The Morgan fingerprint density at radius 2 is 2.07 bits per heavy atom. The van der Waals surface area contributed by atoms with E-state index in [-0.39, 0.29) is 12.3 Å². The molecule has 0 radical (unpaired) electrons. The van der Waals surface area contributed by atoms with Crippen LogP contribution in [-0.4, -0.2) is 29.1 Å². The maximum atomic E-state index is 12.4. The highest BCUT2D eigenvalue weighted by atomic mass is 16.5. The molecule has 0 aliphatic carbocycles. The topological polar surface area (TPSA) is 69.3 Å². The molecule has 29 heavy (non-hydrogen) atoms. The van der Waals surface area contributed by atoms with Crippen molar-refractivity contribution in [1.29, 1.82) is 0 Å². The fraction of sp³-hybridized carbons (Fsp3) is 0.217. The van der Waals surface area contributed by atoms with E-state index in [1.165, 1.54) is 5.56 Å². The number of methoxy groups -OCH3 is 1. The van der Waals surface area contributed by atoms with Gasteiger partial charge in [-0.2, -0.15) is 0 Å². The molecule has 1 amide bonds. The molecular weight excluding hydrogens is 366 g/mol. The Kier molecular flexibility index (Phi) is 5.61. The van der Waals surface area contributed by atoms with Crippen LogP contribution in [0.4, 0.5) is 0 Å². The SMILES string of the molecule is COc1ccc2c(CC(=O)NCCc3nccn3Cc3ccccc3)coc2c1.